The summed E-state index contributed by atoms with van der Waals surface area (Å²) in [6.45, 7) is 8.21. The van der Waals surface area contributed by atoms with E-state index in [0.29, 0.717) is 21.7 Å². The average Bonchev–Trinajstić information content (AvgIpc) is 2.74. The van der Waals surface area contributed by atoms with Crippen LogP contribution in [-0.2, 0) is 20.7 Å². The Labute approximate surface area is 205 Å². The second-order valence-electron chi connectivity index (χ2n) is 9.48. The van der Waals surface area contributed by atoms with Crippen LogP contribution >= 0.6 is 11.6 Å². The molecule has 1 amide bonds. The molecule has 0 saturated carbocycles. The van der Waals surface area contributed by atoms with Gasteiger partial charge in [0.15, 0.2) is 0 Å². The minimum absolute atomic E-state index is 0.0902. The third-order valence-electron chi connectivity index (χ3n) is 5.24. The fraction of sp³-hybridized carbons (Fsp3) is 0.462. The summed E-state index contributed by atoms with van der Waals surface area (Å²) in [5.41, 5.74) is -0.221. The molecular weight excluding hydrogens is 461 g/mol. The largest absolute Gasteiger partial charge is 0.466 e. The standard InChI is InChI=1S/C26H33ClFNO5/c1-6-33-23(31)26(5,16-30)15-19(29-24(32)34-25(2,3)4)13-18-12-11-17(14-21(18)27)20-9-7-8-10-22(20)28/h7-12,14,19,30H,6,13,15-16H2,1-5H3,(H,29,32)/t19-,26-/m0/s1. The van der Waals surface area contributed by atoms with E-state index in [4.69, 9.17) is 21.1 Å². The molecule has 2 atom stereocenters. The number of alkyl carbamates (subject to hydrolysis) is 1. The van der Waals surface area contributed by atoms with Gasteiger partial charge < -0.3 is 19.9 Å². The Hall–Kier alpha value is -2.64. The zero-order chi connectivity index (χ0) is 25.5. The summed E-state index contributed by atoms with van der Waals surface area (Å²) in [6.07, 6.45) is -0.307. The van der Waals surface area contributed by atoms with Crippen LogP contribution in [0.5, 0.6) is 0 Å². The smallest absolute Gasteiger partial charge is 0.407 e. The van der Waals surface area contributed by atoms with E-state index in [0.717, 1.165) is 0 Å². The van der Waals surface area contributed by atoms with Gasteiger partial charge in [0.25, 0.3) is 0 Å². The van der Waals surface area contributed by atoms with Crippen LogP contribution in [0.1, 0.15) is 46.6 Å². The molecule has 2 aromatic carbocycles. The summed E-state index contributed by atoms with van der Waals surface area (Å²) < 4.78 is 24.7. The van der Waals surface area contributed by atoms with Crippen LogP contribution < -0.4 is 5.32 Å². The van der Waals surface area contributed by atoms with Gasteiger partial charge in [-0.3, -0.25) is 4.79 Å². The zero-order valence-corrected chi connectivity index (χ0v) is 21.0. The van der Waals surface area contributed by atoms with Gasteiger partial charge in [-0.2, -0.15) is 0 Å². The molecule has 0 heterocycles. The molecule has 0 fully saturated rings. The van der Waals surface area contributed by atoms with E-state index in [1.165, 1.54) is 6.07 Å². The Balaban J connectivity index is 2.32. The summed E-state index contributed by atoms with van der Waals surface area (Å²) in [6, 6.07) is 11.0. The molecule has 0 aliphatic rings. The van der Waals surface area contributed by atoms with Gasteiger partial charge in [-0.15, -0.1) is 0 Å². The molecule has 0 aromatic heterocycles. The number of nitrogens with one attached hydrogen (secondary N) is 1. The Bertz CT molecular complexity index is 1010. The third kappa shape index (κ3) is 7.71. The molecule has 0 spiro atoms. The molecular formula is C26H33ClFNO5. The maximum absolute atomic E-state index is 14.2. The highest BCUT2D eigenvalue weighted by Gasteiger charge is 2.38. The monoisotopic (exact) mass is 493 g/mol. The number of aliphatic hydroxyl groups is 1. The van der Waals surface area contributed by atoms with Gasteiger partial charge in [-0.1, -0.05) is 41.9 Å². The predicted octanol–water partition coefficient (Wildman–Crippen LogP) is 5.53. The lowest BCUT2D eigenvalue weighted by molar-refractivity contribution is -0.157. The first-order valence-electron chi connectivity index (χ1n) is 11.2. The van der Waals surface area contributed by atoms with Gasteiger partial charge in [-0.25, -0.2) is 9.18 Å². The molecule has 0 bridgehead atoms. The molecule has 34 heavy (non-hydrogen) atoms. The number of amides is 1. The number of hydrogen-bond donors (Lipinski definition) is 2. The normalized spacial score (nSPS) is 14.1. The fourth-order valence-corrected chi connectivity index (χ4v) is 3.81. The maximum atomic E-state index is 14.2. The Kier molecular flexibility index (Phi) is 9.47. The Morgan fingerprint density at radius 3 is 2.38 bits per heavy atom. The molecule has 0 aliphatic heterocycles. The van der Waals surface area contributed by atoms with Crippen LogP contribution in [0.15, 0.2) is 42.5 Å². The lowest BCUT2D eigenvalue weighted by Gasteiger charge is -2.31. The SMILES string of the molecule is CCOC(=O)[C@](C)(CO)C[C@H](Cc1ccc(-c2ccccc2F)cc1Cl)NC(=O)OC(C)(C)C. The number of rotatable bonds is 9. The summed E-state index contributed by atoms with van der Waals surface area (Å²) in [7, 11) is 0. The summed E-state index contributed by atoms with van der Waals surface area (Å²) in [5.74, 6) is -0.918. The number of carbonyl (C=O) groups is 2. The summed E-state index contributed by atoms with van der Waals surface area (Å²) >= 11 is 6.53. The van der Waals surface area contributed by atoms with Crippen molar-refractivity contribution in [1.29, 1.82) is 0 Å². The van der Waals surface area contributed by atoms with E-state index in [1.54, 1.807) is 71.0 Å². The zero-order valence-electron chi connectivity index (χ0n) is 20.3. The van der Waals surface area contributed by atoms with Gasteiger partial charge in [-0.05, 0) is 70.7 Å². The number of aliphatic hydroxyl groups excluding tert-OH is 1. The maximum Gasteiger partial charge on any atom is 0.407 e. The first-order valence-corrected chi connectivity index (χ1v) is 11.6. The molecule has 2 aromatic rings. The van der Waals surface area contributed by atoms with Crippen LogP contribution in [0.25, 0.3) is 11.1 Å². The highest BCUT2D eigenvalue weighted by molar-refractivity contribution is 6.31. The second kappa shape index (κ2) is 11.7. The Morgan fingerprint density at radius 2 is 1.82 bits per heavy atom. The third-order valence-corrected chi connectivity index (χ3v) is 5.59. The Morgan fingerprint density at radius 1 is 1.15 bits per heavy atom. The molecule has 2 rings (SSSR count). The minimum atomic E-state index is -1.24. The molecule has 8 heteroatoms. The number of hydrogen-bond acceptors (Lipinski definition) is 5. The molecule has 186 valence electrons. The van der Waals surface area contributed by atoms with Gasteiger partial charge in [0, 0.05) is 16.6 Å². The van der Waals surface area contributed by atoms with Crippen LogP contribution in [0, 0.1) is 11.2 Å². The van der Waals surface area contributed by atoms with E-state index in [9.17, 15) is 19.1 Å². The molecule has 0 unspecified atom stereocenters. The fourth-order valence-electron chi connectivity index (χ4n) is 3.55. The van der Waals surface area contributed by atoms with Crippen LogP contribution in [0.4, 0.5) is 9.18 Å². The van der Waals surface area contributed by atoms with Crippen molar-refractivity contribution in [3.05, 3.63) is 58.9 Å². The lowest BCUT2D eigenvalue weighted by atomic mass is 9.82. The molecule has 0 saturated heterocycles. The van der Waals surface area contributed by atoms with Crippen LogP contribution in [0.2, 0.25) is 5.02 Å². The summed E-state index contributed by atoms with van der Waals surface area (Å²) in [4.78, 5) is 25.0. The first-order chi connectivity index (χ1) is 15.9. The van der Waals surface area contributed by atoms with Gasteiger partial charge >= 0.3 is 12.1 Å². The summed E-state index contributed by atoms with van der Waals surface area (Å²) in [5, 5.41) is 13.1. The highest BCUT2D eigenvalue weighted by atomic mass is 35.5. The molecule has 6 nitrogen and oxygen atoms in total. The minimum Gasteiger partial charge on any atom is -0.466 e. The van der Waals surface area contributed by atoms with Crippen molar-refractivity contribution >= 4 is 23.7 Å². The molecule has 2 N–H and O–H groups in total. The van der Waals surface area contributed by atoms with Gasteiger partial charge in [0.2, 0.25) is 0 Å². The number of esters is 1. The topological polar surface area (TPSA) is 84.9 Å². The van der Waals surface area contributed by atoms with Crippen molar-refractivity contribution < 1.29 is 28.6 Å². The van der Waals surface area contributed by atoms with Crippen molar-refractivity contribution in [2.24, 2.45) is 5.41 Å². The van der Waals surface area contributed by atoms with Gasteiger partial charge in [0.05, 0.1) is 18.6 Å². The predicted molar refractivity (Wildman–Crippen MR) is 130 cm³/mol. The lowest BCUT2D eigenvalue weighted by Crippen LogP contribution is -2.46. The van der Waals surface area contributed by atoms with Crippen molar-refractivity contribution in [1.82, 2.24) is 5.32 Å². The molecule has 0 radical (unpaired) electrons. The van der Waals surface area contributed by atoms with Crippen molar-refractivity contribution in [3.8, 4) is 11.1 Å². The van der Waals surface area contributed by atoms with E-state index in [2.05, 4.69) is 5.32 Å². The quantitative estimate of drug-likeness (QED) is 0.448. The van der Waals surface area contributed by atoms with E-state index >= 15 is 0 Å². The van der Waals surface area contributed by atoms with Crippen LogP contribution in [-0.4, -0.2) is 42.0 Å². The number of halogens is 2. The van der Waals surface area contributed by atoms with Crippen molar-refractivity contribution in [2.75, 3.05) is 13.2 Å². The van der Waals surface area contributed by atoms with E-state index < -0.39 is 35.7 Å². The van der Waals surface area contributed by atoms with Crippen molar-refractivity contribution in [2.45, 2.75) is 59.1 Å². The van der Waals surface area contributed by atoms with Crippen LogP contribution in [0.3, 0.4) is 0 Å². The van der Waals surface area contributed by atoms with E-state index in [-0.39, 0.29) is 25.3 Å². The first kappa shape index (κ1) is 27.6. The highest BCUT2D eigenvalue weighted by Crippen LogP contribution is 2.31. The van der Waals surface area contributed by atoms with E-state index in [1.807, 2.05) is 0 Å². The average molecular weight is 494 g/mol. The molecule has 0 aliphatic carbocycles. The number of carbonyl (C=O) groups excluding carboxylic acids is 2. The second-order valence-corrected chi connectivity index (χ2v) is 9.88. The van der Waals surface area contributed by atoms with Crippen molar-refractivity contribution in [3.63, 3.8) is 0 Å². The van der Waals surface area contributed by atoms with Gasteiger partial charge in [0.1, 0.15) is 11.4 Å². The number of benzene rings is 2. The number of ether oxygens (including phenoxy) is 2.